The fraction of sp³-hybridized carbons (Fsp3) is 0.667. The van der Waals surface area contributed by atoms with Crippen molar-refractivity contribution in [1.29, 1.82) is 0 Å². The van der Waals surface area contributed by atoms with Gasteiger partial charge in [0.1, 0.15) is 7.85 Å². The second-order valence-electron chi connectivity index (χ2n) is 1.06. The molecule has 0 radical (unpaired) electrons. The summed E-state index contributed by atoms with van der Waals surface area (Å²) >= 11 is 4.70. The Morgan fingerprint density at radius 2 is 2.20 bits per heavy atom. The molecule has 0 N–H and O–H groups in total. The lowest BCUT2D eigenvalue weighted by Crippen LogP contribution is -1.78. The normalized spacial score (nSPS) is 7.40. The van der Waals surface area contributed by atoms with Gasteiger partial charge in [0, 0.05) is 0 Å². The van der Waals surface area contributed by atoms with E-state index in [0.717, 1.165) is 11.2 Å². The Bertz CT molecular complexity index is 42.2. The molecule has 0 saturated carbocycles. The first-order chi connectivity index (χ1) is 2.27. The molecule has 28 valence electrons. The van der Waals surface area contributed by atoms with Crippen molar-refractivity contribution in [3.05, 3.63) is 0 Å². The zero-order valence-electron chi connectivity index (χ0n) is 3.62. The molecule has 0 amide bonds. The van der Waals surface area contributed by atoms with Crippen molar-refractivity contribution in [3.8, 4) is 0 Å². The smallest absolute Gasteiger partial charge is 0.0908 e. The van der Waals surface area contributed by atoms with E-state index in [-0.39, 0.29) is 0 Å². The number of rotatable bonds is 1. The summed E-state index contributed by atoms with van der Waals surface area (Å²) in [7, 11) is 2.06. The predicted molar refractivity (Wildman–Crippen MR) is 31.6 cm³/mol. The Morgan fingerprint density at radius 1 is 2.00 bits per heavy atom. The van der Waals surface area contributed by atoms with Gasteiger partial charge in [0.05, 0.1) is 0 Å². The topological polar surface area (TPSA) is 0 Å². The molecule has 0 bridgehead atoms. The fourth-order valence-electron chi connectivity index (χ4n) is 0. The van der Waals surface area contributed by atoms with Gasteiger partial charge in [-0.2, -0.15) is 0 Å². The first-order valence-corrected chi connectivity index (χ1v) is 2.17. The van der Waals surface area contributed by atoms with E-state index >= 15 is 0 Å². The van der Waals surface area contributed by atoms with Gasteiger partial charge in [0.25, 0.3) is 0 Å². The van der Waals surface area contributed by atoms with Crippen LogP contribution in [0.2, 0.25) is 6.32 Å². The summed E-state index contributed by atoms with van der Waals surface area (Å²) in [5.74, 6) is 0. The molecular formula is C3H7BS. The van der Waals surface area contributed by atoms with Crippen molar-refractivity contribution in [2.24, 2.45) is 0 Å². The van der Waals surface area contributed by atoms with Gasteiger partial charge in [-0.25, -0.2) is 0 Å². The van der Waals surface area contributed by atoms with Crippen molar-refractivity contribution in [2.45, 2.75) is 13.2 Å². The quantitative estimate of drug-likeness (QED) is 0.329. The second kappa shape index (κ2) is 2.40. The standard InChI is InChI=1S/C3H7BS/c1-3(5)2-4/h2,4H2,1H3. The average Bonchev–Trinajstić information content (AvgIpc) is 1.38. The van der Waals surface area contributed by atoms with Crippen LogP contribution in [0.5, 0.6) is 0 Å². The van der Waals surface area contributed by atoms with Crippen LogP contribution in [-0.4, -0.2) is 12.7 Å². The van der Waals surface area contributed by atoms with Crippen molar-refractivity contribution < 1.29 is 0 Å². The molecule has 0 aromatic carbocycles. The summed E-state index contributed by atoms with van der Waals surface area (Å²) in [6.45, 7) is 1.95. The van der Waals surface area contributed by atoms with Gasteiger partial charge in [-0.1, -0.05) is 18.5 Å². The number of thiocarbonyl (C=S) groups is 1. The molecule has 0 aliphatic rings. The highest BCUT2D eigenvalue weighted by Gasteiger charge is 1.71. The fourth-order valence-corrected chi connectivity index (χ4v) is 0. The molecule has 2 heteroatoms. The molecule has 0 heterocycles. The van der Waals surface area contributed by atoms with Crippen LogP contribution in [0.15, 0.2) is 0 Å². The van der Waals surface area contributed by atoms with E-state index in [1.165, 1.54) is 0 Å². The van der Waals surface area contributed by atoms with E-state index < -0.39 is 0 Å². The van der Waals surface area contributed by atoms with Crippen LogP contribution in [-0.2, 0) is 0 Å². The van der Waals surface area contributed by atoms with Gasteiger partial charge in [-0.15, -0.1) is 0 Å². The lowest BCUT2D eigenvalue weighted by Gasteiger charge is -1.75. The highest BCUT2D eigenvalue weighted by molar-refractivity contribution is 7.80. The molecule has 0 aromatic rings. The summed E-state index contributed by atoms with van der Waals surface area (Å²) in [6.07, 6.45) is 1.04. The van der Waals surface area contributed by atoms with E-state index in [1.807, 2.05) is 6.92 Å². The molecule has 5 heavy (non-hydrogen) atoms. The summed E-state index contributed by atoms with van der Waals surface area (Å²) in [4.78, 5) is 1.09. The van der Waals surface area contributed by atoms with Crippen molar-refractivity contribution in [3.63, 3.8) is 0 Å². The Balaban J connectivity index is 2.85. The van der Waals surface area contributed by atoms with Crippen LogP contribution in [0.25, 0.3) is 0 Å². The van der Waals surface area contributed by atoms with Crippen LogP contribution in [0.4, 0.5) is 0 Å². The first kappa shape index (κ1) is 5.15. The van der Waals surface area contributed by atoms with E-state index in [4.69, 9.17) is 12.2 Å². The van der Waals surface area contributed by atoms with Crippen molar-refractivity contribution in [2.75, 3.05) is 0 Å². The van der Waals surface area contributed by atoms with Crippen LogP contribution in [0.3, 0.4) is 0 Å². The van der Waals surface area contributed by atoms with E-state index in [1.54, 1.807) is 0 Å². The maximum Gasteiger partial charge on any atom is 0.107 e. The van der Waals surface area contributed by atoms with E-state index in [0.29, 0.717) is 0 Å². The van der Waals surface area contributed by atoms with E-state index in [2.05, 4.69) is 7.85 Å². The molecule has 0 aromatic heterocycles. The molecule has 0 saturated heterocycles. The molecule has 0 nitrogen and oxygen atoms in total. The first-order valence-electron chi connectivity index (χ1n) is 1.76. The van der Waals surface area contributed by atoms with Gasteiger partial charge in [0.2, 0.25) is 0 Å². The third-order valence-corrected chi connectivity index (χ3v) is 0.787. The lowest BCUT2D eigenvalue weighted by atomic mass is 10.0. The SMILES string of the molecule is BCC(C)=S. The van der Waals surface area contributed by atoms with Crippen LogP contribution >= 0.6 is 12.2 Å². The molecule has 0 rings (SSSR count). The molecule has 0 fully saturated rings. The van der Waals surface area contributed by atoms with Gasteiger partial charge in [-0.3, -0.25) is 0 Å². The minimum absolute atomic E-state index is 1.04. The maximum atomic E-state index is 4.70. The summed E-state index contributed by atoms with van der Waals surface area (Å²) in [6, 6.07) is 0. The largest absolute Gasteiger partial charge is 0.107 e. The van der Waals surface area contributed by atoms with Gasteiger partial charge in [-0.05, 0) is 11.8 Å². The second-order valence-corrected chi connectivity index (χ2v) is 1.75. The Morgan fingerprint density at radius 3 is 2.20 bits per heavy atom. The molecule has 0 spiro atoms. The van der Waals surface area contributed by atoms with Crippen molar-refractivity contribution in [1.82, 2.24) is 0 Å². The zero-order chi connectivity index (χ0) is 4.28. The van der Waals surface area contributed by atoms with Gasteiger partial charge < -0.3 is 0 Å². The summed E-state index contributed by atoms with van der Waals surface area (Å²) in [5.41, 5.74) is 0. The minimum Gasteiger partial charge on any atom is -0.0908 e. The Hall–Kier alpha value is 0.155. The van der Waals surface area contributed by atoms with Crippen LogP contribution in [0.1, 0.15) is 6.92 Å². The summed E-state index contributed by atoms with van der Waals surface area (Å²) < 4.78 is 0. The molecule has 0 aliphatic carbocycles. The molecule has 0 aliphatic heterocycles. The zero-order valence-corrected chi connectivity index (χ0v) is 4.43. The van der Waals surface area contributed by atoms with Gasteiger partial charge >= 0.3 is 0 Å². The molecule has 0 unspecified atom stereocenters. The third-order valence-electron chi connectivity index (χ3n) is 0.498. The highest BCUT2D eigenvalue weighted by atomic mass is 32.1. The third kappa shape index (κ3) is 4.15. The van der Waals surface area contributed by atoms with Crippen LogP contribution < -0.4 is 0 Å². The monoisotopic (exact) mass is 86.0 g/mol. The lowest BCUT2D eigenvalue weighted by molar-refractivity contribution is 1.82. The maximum absolute atomic E-state index is 4.70. The van der Waals surface area contributed by atoms with E-state index in [9.17, 15) is 0 Å². The highest BCUT2D eigenvalue weighted by Crippen LogP contribution is 1.75. The number of hydrogen-bond acceptors (Lipinski definition) is 1. The van der Waals surface area contributed by atoms with Crippen molar-refractivity contribution >= 4 is 24.9 Å². The minimum atomic E-state index is 1.04. The predicted octanol–water partition coefficient (Wildman–Crippen LogP) is 0.428. The van der Waals surface area contributed by atoms with Crippen LogP contribution in [0, 0.1) is 0 Å². The average molecular weight is 86.0 g/mol. The summed E-state index contributed by atoms with van der Waals surface area (Å²) in [5, 5.41) is 0. The number of hydrogen-bond donors (Lipinski definition) is 0. The Kier molecular flexibility index (Phi) is 2.47. The molecule has 0 atom stereocenters. The van der Waals surface area contributed by atoms with Gasteiger partial charge in [0.15, 0.2) is 0 Å². The Labute approximate surface area is 39.0 Å². The molecular weight excluding hydrogens is 78.9 g/mol.